The Morgan fingerprint density at radius 1 is 1.29 bits per heavy atom. The van der Waals surface area contributed by atoms with Gasteiger partial charge in [0.25, 0.3) is 5.91 Å². The fourth-order valence-corrected chi connectivity index (χ4v) is 2.50. The summed E-state index contributed by atoms with van der Waals surface area (Å²) in [6.07, 6.45) is 0. The average Bonchev–Trinajstić information content (AvgIpc) is 3.03. The Hall–Kier alpha value is -2.21. The zero-order chi connectivity index (χ0) is 15.2. The molecule has 1 aromatic carbocycles. The molecule has 1 heterocycles. The van der Waals surface area contributed by atoms with Gasteiger partial charge in [0, 0.05) is 6.54 Å². The van der Waals surface area contributed by atoms with Crippen LogP contribution in [0.5, 0.6) is 0 Å². The van der Waals surface area contributed by atoms with E-state index in [1.54, 1.807) is 17.5 Å². The molecule has 0 spiro atoms. The molecule has 1 aromatic heterocycles. The van der Waals surface area contributed by atoms with Crippen LogP contribution in [0.3, 0.4) is 0 Å². The Kier molecular flexibility index (Phi) is 5.05. The van der Waals surface area contributed by atoms with E-state index in [0.717, 1.165) is 0 Å². The topological polar surface area (TPSA) is 55.4 Å². The molecule has 4 nitrogen and oxygen atoms in total. The fraction of sp³-hybridized carbons (Fsp3) is 0.200. The number of rotatable bonds is 5. The van der Waals surface area contributed by atoms with Crippen molar-refractivity contribution in [2.45, 2.75) is 5.92 Å². The number of hydrogen-bond donors (Lipinski definition) is 1. The Labute approximate surface area is 125 Å². The molecule has 21 heavy (non-hydrogen) atoms. The highest BCUT2D eigenvalue weighted by Gasteiger charge is 2.22. The number of carbonyl (C=O) groups is 2. The molecule has 0 fully saturated rings. The largest absolute Gasteiger partial charge is 0.468 e. The van der Waals surface area contributed by atoms with Gasteiger partial charge in [-0.2, -0.15) is 0 Å². The SMILES string of the molecule is COC(=O)[C@@H](CNC(=O)c1cccs1)c1ccc(F)cc1. The maximum atomic E-state index is 12.9. The van der Waals surface area contributed by atoms with Crippen molar-refractivity contribution < 1.29 is 18.7 Å². The van der Waals surface area contributed by atoms with Gasteiger partial charge in [0.2, 0.25) is 0 Å². The second-order valence-corrected chi connectivity index (χ2v) is 5.26. The summed E-state index contributed by atoms with van der Waals surface area (Å²) in [4.78, 5) is 24.3. The van der Waals surface area contributed by atoms with Crippen LogP contribution in [0, 0.1) is 5.82 Å². The predicted molar refractivity (Wildman–Crippen MR) is 77.8 cm³/mol. The fourth-order valence-electron chi connectivity index (χ4n) is 1.86. The summed E-state index contributed by atoms with van der Waals surface area (Å²) < 4.78 is 17.7. The maximum Gasteiger partial charge on any atom is 0.314 e. The normalized spacial score (nSPS) is 11.7. The van der Waals surface area contributed by atoms with E-state index in [9.17, 15) is 14.0 Å². The van der Waals surface area contributed by atoms with E-state index >= 15 is 0 Å². The highest BCUT2D eigenvalue weighted by Crippen LogP contribution is 2.18. The summed E-state index contributed by atoms with van der Waals surface area (Å²) in [5.74, 6) is -1.78. The first kappa shape index (κ1) is 15.2. The van der Waals surface area contributed by atoms with E-state index in [2.05, 4.69) is 5.32 Å². The summed E-state index contributed by atoms with van der Waals surface area (Å²) in [7, 11) is 1.28. The summed E-state index contributed by atoms with van der Waals surface area (Å²) in [5, 5.41) is 4.49. The molecule has 2 rings (SSSR count). The predicted octanol–water partition coefficient (Wildman–Crippen LogP) is 2.57. The van der Waals surface area contributed by atoms with Crippen molar-refractivity contribution >= 4 is 23.2 Å². The van der Waals surface area contributed by atoms with Gasteiger partial charge in [-0.15, -0.1) is 11.3 Å². The Morgan fingerprint density at radius 2 is 2.00 bits per heavy atom. The number of carbonyl (C=O) groups excluding carboxylic acids is 2. The maximum absolute atomic E-state index is 12.9. The van der Waals surface area contributed by atoms with E-state index in [0.29, 0.717) is 10.4 Å². The molecule has 0 aliphatic carbocycles. The van der Waals surface area contributed by atoms with E-state index in [1.165, 1.54) is 42.7 Å². The second-order valence-electron chi connectivity index (χ2n) is 4.31. The van der Waals surface area contributed by atoms with Gasteiger partial charge in [0.05, 0.1) is 17.9 Å². The van der Waals surface area contributed by atoms with Gasteiger partial charge in [0.15, 0.2) is 0 Å². The number of ether oxygens (including phenoxy) is 1. The lowest BCUT2D eigenvalue weighted by atomic mass is 9.99. The van der Waals surface area contributed by atoms with Crippen molar-refractivity contribution in [1.82, 2.24) is 5.32 Å². The highest BCUT2D eigenvalue weighted by atomic mass is 32.1. The Balaban J connectivity index is 2.08. The quantitative estimate of drug-likeness (QED) is 0.864. The van der Waals surface area contributed by atoms with Gasteiger partial charge in [-0.25, -0.2) is 4.39 Å². The monoisotopic (exact) mass is 307 g/mol. The highest BCUT2D eigenvalue weighted by molar-refractivity contribution is 7.12. The molecule has 0 aliphatic rings. The second kappa shape index (κ2) is 6.99. The van der Waals surface area contributed by atoms with Crippen molar-refractivity contribution in [2.24, 2.45) is 0 Å². The summed E-state index contributed by atoms with van der Waals surface area (Å²) in [6, 6.07) is 9.03. The van der Waals surface area contributed by atoms with Gasteiger partial charge in [-0.05, 0) is 29.1 Å². The van der Waals surface area contributed by atoms with Gasteiger partial charge in [-0.3, -0.25) is 9.59 Å². The number of benzene rings is 1. The molecule has 0 radical (unpaired) electrons. The van der Waals surface area contributed by atoms with Crippen LogP contribution >= 0.6 is 11.3 Å². The van der Waals surface area contributed by atoms with E-state index in [4.69, 9.17) is 4.74 Å². The van der Waals surface area contributed by atoms with Crippen LogP contribution in [0.4, 0.5) is 4.39 Å². The summed E-state index contributed by atoms with van der Waals surface area (Å²) in [5.41, 5.74) is 0.592. The number of esters is 1. The number of thiophene rings is 1. The third-order valence-corrected chi connectivity index (χ3v) is 3.84. The van der Waals surface area contributed by atoms with Crippen LogP contribution in [0.2, 0.25) is 0 Å². The minimum atomic E-state index is -0.667. The van der Waals surface area contributed by atoms with Crippen molar-refractivity contribution in [1.29, 1.82) is 0 Å². The minimum absolute atomic E-state index is 0.0923. The molecule has 1 atom stereocenters. The molecule has 1 amide bonds. The number of hydrogen-bond acceptors (Lipinski definition) is 4. The summed E-state index contributed by atoms with van der Waals surface area (Å²) in [6.45, 7) is 0.0923. The minimum Gasteiger partial charge on any atom is -0.468 e. The van der Waals surface area contributed by atoms with Crippen molar-refractivity contribution in [3.05, 3.63) is 58.0 Å². The van der Waals surface area contributed by atoms with Crippen molar-refractivity contribution in [3.8, 4) is 0 Å². The van der Waals surface area contributed by atoms with Gasteiger partial charge < -0.3 is 10.1 Å². The lowest BCUT2D eigenvalue weighted by molar-refractivity contribution is -0.142. The van der Waals surface area contributed by atoms with E-state index in [1.807, 2.05) is 0 Å². The first-order valence-corrected chi connectivity index (χ1v) is 7.14. The van der Waals surface area contributed by atoms with Crippen LogP contribution < -0.4 is 5.32 Å². The van der Waals surface area contributed by atoms with Crippen LogP contribution in [0.15, 0.2) is 41.8 Å². The molecule has 6 heteroatoms. The lowest BCUT2D eigenvalue weighted by Crippen LogP contribution is -2.31. The molecule has 1 N–H and O–H groups in total. The number of methoxy groups -OCH3 is 1. The number of nitrogens with one attached hydrogen (secondary N) is 1. The van der Waals surface area contributed by atoms with Crippen LogP contribution in [-0.4, -0.2) is 25.5 Å². The average molecular weight is 307 g/mol. The van der Waals surface area contributed by atoms with Crippen LogP contribution in [0.25, 0.3) is 0 Å². The van der Waals surface area contributed by atoms with Crippen molar-refractivity contribution in [2.75, 3.05) is 13.7 Å². The number of amides is 1. The molecule has 0 unspecified atom stereocenters. The molecule has 0 saturated heterocycles. The Morgan fingerprint density at radius 3 is 2.57 bits per heavy atom. The van der Waals surface area contributed by atoms with Gasteiger partial charge >= 0.3 is 5.97 Å². The smallest absolute Gasteiger partial charge is 0.314 e. The number of halogens is 1. The van der Waals surface area contributed by atoms with Crippen molar-refractivity contribution in [3.63, 3.8) is 0 Å². The van der Waals surface area contributed by atoms with Crippen LogP contribution in [-0.2, 0) is 9.53 Å². The zero-order valence-corrected chi connectivity index (χ0v) is 12.2. The first-order valence-electron chi connectivity index (χ1n) is 6.27. The molecule has 0 bridgehead atoms. The molecular weight excluding hydrogens is 293 g/mol. The molecular formula is C15H14FNO3S. The third-order valence-electron chi connectivity index (χ3n) is 2.97. The van der Waals surface area contributed by atoms with E-state index < -0.39 is 11.9 Å². The molecule has 110 valence electrons. The third kappa shape index (κ3) is 3.88. The molecule has 0 aliphatic heterocycles. The van der Waals surface area contributed by atoms with Crippen LogP contribution in [0.1, 0.15) is 21.2 Å². The van der Waals surface area contributed by atoms with Gasteiger partial charge in [0.1, 0.15) is 5.82 Å². The van der Waals surface area contributed by atoms with Gasteiger partial charge in [-0.1, -0.05) is 18.2 Å². The standard InChI is InChI=1S/C15H14FNO3S/c1-20-15(19)12(10-4-6-11(16)7-5-10)9-17-14(18)13-3-2-8-21-13/h2-8,12H,9H2,1H3,(H,17,18)/t12-/m0/s1. The van der Waals surface area contributed by atoms with E-state index in [-0.39, 0.29) is 18.3 Å². The zero-order valence-electron chi connectivity index (χ0n) is 11.3. The summed E-state index contributed by atoms with van der Waals surface area (Å²) >= 11 is 1.32. The molecule has 2 aromatic rings. The Bertz CT molecular complexity index is 610. The first-order chi connectivity index (χ1) is 10.1. The lowest BCUT2D eigenvalue weighted by Gasteiger charge is -2.15. The molecule has 0 saturated carbocycles.